The molecule has 4 rings (SSSR count). The average molecular weight is 368 g/mol. The maximum Gasteiger partial charge on any atom is 0.165 e. The van der Waals surface area contributed by atoms with Gasteiger partial charge in [-0.2, -0.15) is 9.61 Å². The first-order chi connectivity index (χ1) is 12.8. The highest BCUT2D eigenvalue weighted by molar-refractivity contribution is 5.81. The van der Waals surface area contributed by atoms with Crippen molar-refractivity contribution in [3.63, 3.8) is 0 Å². The molecule has 0 amide bonds. The lowest BCUT2D eigenvalue weighted by atomic mass is 9.91. The van der Waals surface area contributed by atoms with Crippen molar-refractivity contribution in [1.82, 2.24) is 14.6 Å². The van der Waals surface area contributed by atoms with E-state index < -0.39 is 0 Å². The molecule has 3 heterocycles. The topological polar surface area (TPSA) is 42.7 Å². The lowest BCUT2D eigenvalue weighted by Crippen LogP contribution is -2.37. The Bertz CT molecular complexity index is 966. The Morgan fingerprint density at radius 3 is 2.37 bits per heavy atom. The third-order valence-electron chi connectivity index (χ3n) is 4.98. The summed E-state index contributed by atoms with van der Waals surface area (Å²) >= 11 is 0. The second kappa shape index (κ2) is 6.60. The molecule has 1 aliphatic rings. The second-order valence-corrected chi connectivity index (χ2v) is 8.05. The van der Waals surface area contributed by atoms with Crippen molar-refractivity contribution in [3.8, 4) is 11.1 Å². The van der Waals surface area contributed by atoms with Gasteiger partial charge in [-0.3, -0.25) is 0 Å². The molecule has 1 aromatic carbocycles. The molecule has 27 heavy (non-hydrogen) atoms. The Balaban J connectivity index is 1.97. The minimum Gasteiger partial charge on any atom is -0.378 e. The lowest BCUT2D eigenvalue weighted by Gasteiger charge is -2.30. The van der Waals surface area contributed by atoms with Crippen molar-refractivity contribution in [3.05, 3.63) is 47.5 Å². The molecule has 0 saturated carbocycles. The van der Waals surface area contributed by atoms with E-state index >= 15 is 0 Å². The number of fused-ring (bicyclic) bond motifs is 1. The van der Waals surface area contributed by atoms with E-state index in [-0.39, 0.29) is 11.2 Å². The predicted octanol–water partition coefficient (Wildman–Crippen LogP) is 3.98. The average Bonchev–Trinajstić information content (AvgIpc) is 2.97. The highest BCUT2D eigenvalue weighted by atomic mass is 19.1. The van der Waals surface area contributed by atoms with E-state index in [1.54, 1.807) is 12.1 Å². The molecule has 0 aliphatic carbocycles. The molecule has 6 heteroatoms. The number of halogens is 1. The van der Waals surface area contributed by atoms with E-state index in [0.717, 1.165) is 47.1 Å². The van der Waals surface area contributed by atoms with Crippen molar-refractivity contribution in [1.29, 1.82) is 0 Å². The molecule has 0 N–H and O–H groups in total. The van der Waals surface area contributed by atoms with Gasteiger partial charge in [0, 0.05) is 30.1 Å². The lowest BCUT2D eigenvalue weighted by molar-refractivity contribution is 0.122. The summed E-state index contributed by atoms with van der Waals surface area (Å²) in [6.07, 6.45) is 0. The van der Waals surface area contributed by atoms with Gasteiger partial charge in [-0.15, -0.1) is 0 Å². The van der Waals surface area contributed by atoms with Gasteiger partial charge in [0.15, 0.2) is 5.65 Å². The van der Waals surface area contributed by atoms with Crippen LogP contribution in [0.25, 0.3) is 16.8 Å². The number of hydrogen-bond donors (Lipinski definition) is 0. The Labute approximate surface area is 158 Å². The first-order valence-electron chi connectivity index (χ1n) is 9.34. The number of aryl methyl sites for hydroxylation is 1. The monoisotopic (exact) mass is 368 g/mol. The SMILES string of the molecule is Cc1nn2c(N3CCOCC3)cc(C(C)(C)C)nc2c1-c1ccc(F)cc1. The fourth-order valence-electron chi connectivity index (χ4n) is 3.46. The molecular formula is C21H25FN4O. The van der Waals surface area contributed by atoms with E-state index in [0.29, 0.717) is 13.2 Å². The van der Waals surface area contributed by atoms with Crippen LogP contribution in [0.15, 0.2) is 30.3 Å². The van der Waals surface area contributed by atoms with Gasteiger partial charge < -0.3 is 9.64 Å². The summed E-state index contributed by atoms with van der Waals surface area (Å²) in [5.74, 6) is 0.787. The van der Waals surface area contributed by atoms with Crippen LogP contribution >= 0.6 is 0 Å². The highest BCUT2D eigenvalue weighted by Gasteiger charge is 2.25. The van der Waals surface area contributed by atoms with Crippen LogP contribution in [0.1, 0.15) is 32.2 Å². The smallest absolute Gasteiger partial charge is 0.165 e. The van der Waals surface area contributed by atoms with Crippen molar-refractivity contribution < 1.29 is 9.13 Å². The molecule has 142 valence electrons. The van der Waals surface area contributed by atoms with Gasteiger partial charge in [-0.25, -0.2) is 9.37 Å². The second-order valence-electron chi connectivity index (χ2n) is 8.05. The molecule has 1 aliphatic heterocycles. The molecule has 0 spiro atoms. The Hall–Kier alpha value is -2.47. The number of rotatable bonds is 2. The van der Waals surface area contributed by atoms with Gasteiger partial charge in [-0.05, 0) is 24.6 Å². The van der Waals surface area contributed by atoms with Gasteiger partial charge in [-0.1, -0.05) is 32.9 Å². The molecule has 1 saturated heterocycles. The van der Waals surface area contributed by atoms with Crippen LogP contribution in [-0.4, -0.2) is 40.9 Å². The van der Waals surface area contributed by atoms with Crippen molar-refractivity contribution in [2.75, 3.05) is 31.2 Å². The van der Waals surface area contributed by atoms with Crippen LogP contribution in [0.2, 0.25) is 0 Å². The standard InChI is InChI=1S/C21H25FN4O/c1-14-19(15-5-7-16(22)8-6-15)20-23-17(21(2,3)4)13-18(26(20)24-14)25-9-11-27-12-10-25/h5-8,13H,9-12H2,1-4H3. The Kier molecular flexibility index (Phi) is 4.38. The van der Waals surface area contributed by atoms with Gasteiger partial charge in [0.1, 0.15) is 11.6 Å². The van der Waals surface area contributed by atoms with Gasteiger partial charge >= 0.3 is 0 Å². The third-order valence-corrected chi connectivity index (χ3v) is 4.98. The van der Waals surface area contributed by atoms with Crippen LogP contribution in [0, 0.1) is 12.7 Å². The van der Waals surface area contributed by atoms with Crippen LogP contribution in [-0.2, 0) is 10.2 Å². The number of anilines is 1. The van der Waals surface area contributed by atoms with Crippen LogP contribution in [0.3, 0.4) is 0 Å². The maximum atomic E-state index is 13.4. The van der Waals surface area contributed by atoms with Gasteiger partial charge in [0.2, 0.25) is 0 Å². The molecule has 0 unspecified atom stereocenters. The summed E-state index contributed by atoms with van der Waals surface area (Å²) in [4.78, 5) is 7.27. The summed E-state index contributed by atoms with van der Waals surface area (Å²) in [5.41, 5.74) is 4.49. The maximum absolute atomic E-state index is 13.4. The molecule has 0 bridgehead atoms. The van der Waals surface area contributed by atoms with E-state index in [2.05, 4.69) is 31.7 Å². The number of aromatic nitrogens is 3. The van der Waals surface area contributed by atoms with E-state index in [4.69, 9.17) is 14.8 Å². The summed E-state index contributed by atoms with van der Waals surface area (Å²) in [7, 11) is 0. The molecule has 0 radical (unpaired) electrons. The third kappa shape index (κ3) is 3.30. The first-order valence-corrected chi connectivity index (χ1v) is 9.34. The van der Waals surface area contributed by atoms with Crippen LogP contribution in [0.4, 0.5) is 10.2 Å². The molecule has 5 nitrogen and oxygen atoms in total. The minimum absolute atomic E-state index is 0.0962. The van der Waals surface area contributed by atoms with E-state index in [1.807, 2.05) is 11.4 Å². The predicted molar refractivity (Wildman–Crippen MR) is 105 cm³/mol. The number of morpholine rings is 1. The molecular weight excluding hydrogens is 343 g/mol. The highest BCUT2D eigenvalue weighted by Crippen LogP contribution is 2.33. The number of ether oxygens (including phenoxy) is 1. The first kappa shape index (κ1) is 17.9. The largest absolute Gasteiger partial charge is 0.378 e. The zero-order chi connectivity index (χ0) is 19.2. The fraction of sp³-hybridized carbons (Fsp3) is 0.429. The number of benzene rings is 1. The van der Waals surface area contributed by atoms with Gasteiger partial charge in [0.25, 0.3) is 0 Å². The number of hydrogen-bond acceptors (Lipinski definition) is 4. The molecule has 2 aromatic heterocycles. The summed E-state index contributed by atoms with van der Waals surface area (Å²) < 4.78 is 20.9. The quantitative estimate of drug-likeness (QED) is 0.686. The van der Waals surface area contributed by atoms with Crippen molar-refractivity contribution in [2.45, 2.75) is 33.1 Å². The zero-order valence-electron chi connectivity index (χ0n) is 16.3. The van der Waals surface area contributed by atoms with E-state index in [1.165, 1.54) is 12.1 Å². The summed E-state index contributed by atoms with van der Waals surface area (Å²) in [6, 6.07) is 8.68. The van der Waals surface area contributed by atoms with Crippen molar-refractivity contribution in [2.24, 2.45) is 0 Å². The summed E-state index contributed by atoms with van der Waals surface area (Å²) in [5, 5.41) is 4.79. The van der Waals surface area contributed by atoms with Crippen molar-refractivity contribution >= 4 is 11.5 Å². The van der Waals surface area contributed by atoms with E-state index in [9.17, 15) is 4.39 Å². The molecule has 1 fully saturated rings. The Morgan fingerprint density at radius 2 is 1.74 bits per heavy atom. The van der Waals surface area contributed by atoms with Crippen LogP contribution in [0.5, 0.6) is 0 Å². The Morgan fingerprint density at radius 1 is 1.07 bits per heavy atom. The minimum atomic E-state index is -0.245. The van der Waals surface area contributed by atoms with Gasteiger partial charge in [0.05, 0.1) is 24.6 Å². The molecule has 3 aromatic rings. The summed E-state index contributed by atoms with van der Waals surface area (Å²) in [6.45, 7) is 11.5. The normalized spacial score (nSPS) is 15.5. The fourth-order valence-corrected chi connectivity index (χ4v) is 3.46. The van der Waals surface area contributed by atoms with Crippen LogP contribution < -0.4 is 4.90 Å². The number of nitrogens with zero attached hydrogens (tertiary/aromatic N) is 4. The molecule has 0 atom stereocenters. The zero-order valence-corrected chi connectivity index (χ0v) is 16.3.